The van der Waals surface area contributed by atoms with E-state index in [2.05, 4.69) is 132 Å². The maximum Gasteiger partial charge on any atom is 0.116 e. The summed E-state index contributed by atoms with van der Waals surface area (Å²) in [4.78, 5) is 5.49. The quantitative estimate of drug-likeness (QED) is 0.184. The summed E-state index contributed by atoms with van der Waals surface area (Å²) in [5.41, 5.74) is 1.45. The highest BCUT2D eigenvalue weighted by molar-refractivity contribution is 7.95. The van der Waals surface area contributed by atoms with E-state index in [1.165, 1.54) is 41.0 Å². The summed E-state index contributed by atoms with van der Waals surface area (Å²) in [7, 11) is -1.95. The van der Waals surface area contributed by atoms with Gasteiger partial charge in [-0.3, -0.25) is 0 Å². The third-order valence-corrected chi connectivity index (χ3v) is 14.0. The van der Waals surface area contributed by atoms with E-state index >= 15 is 0 Å². The van der Waals surface area contributed by atoms with Crippen molar-refractivity contribution in [2.75, 3.05) is 0 Å². The SMILES string of the molecule is c1ccc([P+](Cc2cc(-c3cccs3)sc2-c2cccs2)(c2ccccc2)c2ccccc2)cc1. The molecule has 0 fully saturated rings. The van der Waals surface area contributed by atoms with Gasteiger partial charge in [-0.2, -0.15) is 0 Å². The van der Waals surface area contributed by atoms with E-state index in [0.29, 0.717) is 0 Å². The van der Waals surface area contributed by atoms with Crippen LogP contribution in [0.25, 0.3) is 19.5 Å². The standard InChI is InChI=1S/C31H24PS3/c1-4-12-25(13-5-1)32(26-14-6-2-7-15-26,27-16-8-3-9-17-27)23-24-22-30(28-18-10-20-33-28)35-31(24)29-19-11-21-34-29/h1-22H,23H2/q+1. The molecule has 0 radical (unpaired) electrons. The van der Waals surface area contributed by atoms with Crippen LogP contribution in [0.3, 0.4) is 0 Å². The minimum Gasteiger partial charge on any atom is -0.143 e. The highest BCUT2D eigenvalue weighted by Crippen LogP contribution is 2.60. The van der Waals surface area contributed by atoms with Gasteiger partial charge in [-0.1, -0.05) is 66.7 Å². The first kappa shape index (κ1) is 22.6. The molecule has 0 unspecified atom stereocenters. The predicted octanol–water partition coefficient (Wildman–Crippen LogP) is 8.70. The summed E-state index contributed by atoms with van der Waals surface area (Å²) in [6, 6.07) is 44.9. The number of thiophene rings is 3. The van der Waals surface area contributed by atoms with Crippen LogP contribution in [-0.4, -0.2) is 0 Å². The Bertz CT molecular complexity index is 1390. The maximum absolute atomic E-state index is 2.47. The van der Waals surface area contributed by atoms with E-state index in [1.807, 2.05) is 34.0 Å². The van der Waals surface area contributed by atoms with E-state index in [0.717, 1.165) is 6.16 Å². The Hall–Kier alpha value is -2.81. The Kier molecular flexibility index (Phi) is 6.50. The third-order valence-electron chi connectivity index (χ3n) is 6.32. The van der Waals surface area contributed by atoms with Gasteiger partial charge in [0.15, 0.2) is 0 Å². The molecule has 6 aromatic rings. The normalized spacial score (nSPS) is 11.5. The number of hydrogen-bond acceptors (Lipinski definition) is 3. The highest BCUT2D eigenvalue weighted by Gasteiger charge is 2.46. The van der Waals surface area contributed by atoms with Gasteiger partial charge in [0.1, 0.15) is 23.2 Å². The molecule has 0 N–H and O–H groups in total. The molecule has 0 aliphatic carbocycles. The van der Waals surface area contributed by atoms with Crippen LogP contribution in [0.4, 0.5) is 0 Å². The Morgan fingerprint density at radius 3 is 1.43 bits per heavy atom. The molecular weight excluding hydrogens is 500 g/mol. The van der Waals surface area contributed by atoms with E-state index in [-0.39, 0.29) is 0 Å². The Morgan fingerprint density at radius 1 is 0.486 bits per heavy atom. The largest absolute Gasteiger partial charge is 0.143 e. The van der Waals surface area contributed by atoms with Crippen LogP contribution in [-0.2, 0) is 6.16 Å². The minimum absolute atomic E-state index is 1.00. The molecule has 0 atom stereocenters. The van der Waals surface area contributed by atoms with Crippen LogP contribution in [0, 0.1) is 0 Å². The van der Waals surface area contributed by atoms with Crippen LogP contribution in [0.2, 0.25) is 0 Å². The molecule has 3 aromatic heterocycles. The van der Waals surface area contributed by atoms with Crippen molar-refractivity contribution in [3.63, 3.8) is 0 Å². The van der Waals surface area contributed by atoms with Crippen molar-refractivity contribution in [2.45, 2.75) is 6.16 Å². The lowest BCUT2D eigenvalue weighted by molar-refractivity contribution is 1.44. The maximum atomic E-state index is 2.47. The van der Waals surface area contributed by atoms with Gasteiger partial charge in [-0.15, -0.1) is 34.0 Å². The first-order valence-corrected chi connectivity index (χ1v) is 16.1. The molecule has 0 amide bonds. The van der Waals surface area contributed by atoms with Gasteiger partial charge in [0.25, 0.3) is 0 Å². The molecular formula is C31H24PS3+. The van der Waals surface area contributed by atoms with E-state index in [9.17, 15) is 0 Å². The Balaban J connectivity index is 1.61. The average molecular weight is 524 g/mol. The molecule has 0 spiro atoms. The van der Waals surface area contributed by atoms with Crippen molar-refractivity contribution in [3.8, 4) is 19.5 Å². The zero-order valence-electron chi connectivity index (χ0n) is 19.1. The Labute approximate surface area is 219 Å². The predicted molar refractivity (Wildman–Crippen MR) is 160 cm³/mol. The van der Waals surface area contributed by atoms with Crippen molar-refractivity contribution in [1.29, 1.82) is 0 Å². The second kappa shape index (κ2) is 10.0. The van der Waals surface area contributed by atoms with Crippen molar-refractivity contribution in [3.05, 3.63) is 138 Å². The van der Waals surface area contributed by atoms with Crippen molar-refractivity contribution >= 4 is 57.2 Å². The van der Waals surface area contributed by atoms with E-state index in [1.54, 1.807) is 0 Å². The number of benzene rings is 3. The zero-order valence-corrected chi connectivity index (χ0v) is 22.4. The van der Waals surface area contributed by atoms with E-state index in [4.69, 9.17) is 0 Å². The smallest absolute Gasteiger partial charge is 0.116 e. The van der Waals surface area contributed by atoms with Crippen LogP contribution in [0.15, 0.2) is 132 Å². The average Bonchev–Trinajstić information content (AvgIpc) is 3.71. The van der Waals surface area contributed by atoms with Crippen LogP contribution in [0.5, 0.6) is 0 Å². The fourth-order valence-corrected chi connectivity index (χ4v) is 12.0. The fraction of sp³-hybridized carbons (Fsp3) is 0.0323. The summed E-state index contributed by atoms with van der Waals surface area (Å²) >= 11 is 5.61. The fourth-order valence-electron chi connectivity index (χ4n) is 4.73. The second-order valence-corrected chi connectivity index (χ2v) is 14.8. The lowest BCUT2D eigenvalue weighted by Gasteiger charge is -2.28. The van der Waals surface area contributed by atoms with Gasteiger partial charge in [0.2, 0.25) is 0 Å². The minimum atomic E-state index is -1.95. The Morgan fingerprint density at radius 2 is 0.971 bits per heavy atom. The highest BCUT2D eigenvalue weighted by atomic mass is 32.1. The van der Waals surface area contributed by atoms with Crippen LogP contribution >= 0.6 is 41.3 Å². The molecule has 3 heterocycles. The van der Waals surface area contributed by atoms with Gasteiger partial charge in [-0.25, -0.2) is 0 Å². The lowest BCUT2D eigenvalue weighted by Crippen LogP contribution is -2.32. The van der Waals surface area contributed by atoms with Crippen molar-refractivity contribution in [1.82, 2.24) is 0 Å². The molecule has 35 heavy (non-hydrogen) atoms. The third kappa shape index (κ3) is 4.35. The summed E-state index contributed by atoms with van der Waals surface area (Å²) in [6.07, 6.45) is 1.00. The lowest BCUT2D eigenvalue weighted by atomic mass is 10.2. The first-order chi connectivity index (χ1) is 17.3. The molecule has 6 rings (SSSR count). The van der Waals surface area contributed by atoms with Crippen LogP contribution < -0.4 is 15.9 Å². The summed E-state index contributed by atoms with van der Waals surface area (Å²) in [5, 5.41) is 8.65. The first-order valence-electron chi connectivity index (χ1n) is 11.6. The van der Waals surface area contributed by atoms with Crippen molar-refractivity contribution in [2.24, 2.45) is 0 Å². The summed E-state index contributed by atoms with van der Waals surface area (Å²) in [6.45, 7) is 0. The van der Waals surface area contributed by atoms with Crippen LogP contribution in [0.1, 0.15) is 5.56 Å². The van der Waals surface area contributed by atoms with Crippen molar-refractivity contribution < 1.29 is 0 Å². The topological polar surface area (TPSA) is 0 Å². The molecule has 0 nitrogen and oxygen atoms in total. The molecule has 170 valence electrons. The molecule has 0 saturated heterocycles. The van der Waals surface area contributed by atoms with Gasteiger partial charge in [0.05, 0.1) is 11.0 Å². The molecule has 0 bridgehead atoms. The number of hydrogen-bond donors (Lipinski definition) is 0. The number of rotatable bonds is 7. The molecule has 0 aliphatic rings. The summed E-state index contributed by atoms with van der Waals surface area (Å²) in [5.74, 6) is 0. The second-order valence-electron chi connectivity index (χ2n) is 8.39. The zero-order chi connectivity index (χ0) is 23.5. The van der Waals surface area contributed by atoms with Gasteiger partial charge < -0.3 is 0 Å². The molecule has 0 aliphatic heterocycles. The van der Waals surface area contributed by atoms with E-state index < -0.39 is 7.26 Å². The van der Waals surface area contributed by atoms with Gasteiger partial charge in [0, 0.05) is 20.2 Å². The van der Waals surface area contributed by atoms with Gasteiger partial charge >= 0.3 is 0 Å². The monoisotopic (exact) mass is 523 g/mol. The molecule has 4 heteroatoms. The van der Waals surface area contributed by atoms with Gasteiger partial charge in [-0.05, 0) is 65.4 Å². The summed E-state index contributed by atoms with van der Waals surface area (Å²) < 4.78 is 0. The molecule has 0 saturated carbocycles. The molecule has 3 aromatic carbocycles.